The Morgan fingerprint density at radius 1 is 1.18 bits per heavy atom. The highest BCUT2D eigenvalue weighted by Crippen LogP contribution is 2.07. The smallest absolute Gasteiger partial charge is 0.333 e. The quantitative estimate of drug-likeness (QED) is 0.383. The molecule has 0 aromatic carbocycles. The molecule has 0 bridgehead atoms. The molecule has 0 atom stereocenters. The number of hydrogen-bond acceptors (Lipinski definition) is 3. The van der Waals surface area contributed by atoms with Crippen molar-refractivity contribution in [1.82, 2.24) is 0 Å². The van der Waals surface area contributed by atoms with E-state index >= 15 is 0 Å². The monoisotopic (exact) mass is 242 g/mol. The molecule has 0 aliphatic rings. The first-order valence-electron chi connectivity index (χ1n) is 6.19. The highest BCUT2D eigenvalue weighted by atomic mass is 16.5. The maximum absolute atomic E-state index is 11.5. The molecule has 4 heteroatoms. The number of carbonyl (C=O) groups excluding carboxylic acids is 1. The minimum Gasteiger partial charge on any atom is -0.481 e. The van der Waals surface area contributed by atoms with Crippen molar-refractivity contribution in [3.05, 3.63) is 11.6 Å². The molecule has 1 N–H and O–H groups in total. The van der Waals surface area contributed by atoms with Crippen LogP contribution in [0.5, 0.6) is 0 Å². The SMILES string of the molecule is CCCCCCOC(=O)C(=CCC(=O)O)CC. The van der Waals surface area contributed by atoms with E-state index in [4.69, 9.17) is 9.84 Å². The summed E-state index contributed by atoms with van der Waals surface area (Å²) in [7, 11) is 0. The summed E-state index contributed by atoms with van der Waals surface area (Å²) in [5, 5.41) is 8.52. The van der Waals surface area contributed by atoms with Gasteiger partial charge in [0.25, 0.3) is 0 Å². The maximum atomic E-state index is 11.5. The summed E-state index contributed by atoms with van der Waals surface area (Å²) in [6.07, 6.45) is 6.02. The molecule has 0 saturated heterocycles. The average Bonchev–Trinajstić information content (AvgIpc) is 2.29. The Kier molecular flexibility index (Phi) is 9.11. The van der Waals surface area contributed by atoms with Crippen molar-refractivity contribution in [2.45, 2.75) is 52.4 Å². The van der Waals surface area contributed by atoms with E-state index in [0.717, 1.165) is 25.7 Å². The first-order chi connectivity index (χ1) is 8.11. The van der Waals surface area contributed by atoms with E-state index in [2.05, 4.69) is 6.92 Å². The molecule has 98 valence electrons. The highest BCUT2D eigenvalue weighted by Gasteiger charge is 2.09. The number of rotatable bonds is 9. The Labute approximate surface area is 103 Å². The van der Waals surface area contributed by atoms with Crippen molar-refractivity contribution in [1.29, 1.82) is 0 Å². The van der Waals surface area contributed by atoms with Gasteiger partial charge in [-0.15, -0.1) is 0 Å². The van der Waals surface area contributed by atoms with Crippen LogP contribution in [0.1, 0.15) is 52.4 Å². The fourth-order valence-electron chi connectivity index (χ4n) is 1.37. The van der Waals surface area contributed by atoms with Gasteiger partial charge in [0.2, 0.25) is 0 Å². The molecule has 0 aromatic heterocycles. The number of aliphatic carboxylic acids is 1. The molecule has 0 aliphatic carbocycles. The number of unbranched alkanes of at least 4 members (excludes halogenated alkanes) is 3. The minimum absolute atomic E-state index is 0.131. The lowest BCUT2D eigenvalue weighted by atomic mass is 10.1. The molecule has 0 amide bonds. The van der Waals surface area contributed by atoms with Gasteiger partial charge in [-0.1, -0.05) is 39.2 Å². The van der Waals surface area contributed by atoms with Gasteiger partial charge in [-0.05, 0) is 12.8 Å². The van der Waals surface area contributed by atoms with Crippen LogP contribution in [0.15, 0.2) is 11.6 Å². The summed E-state index contributed by atoms with van der Waals surface area (Å²) in [4.78, 5) is 21.9. The zero-order valence-corrected chi connectivity index (χ0v) is 10.7. The first-order valence-corrected chi connectivity index (χ1v) is 6.19. The van der Waals surface area contributed by atoms with Crippen LogP contribution in [0.25, 0.3) is 0 Å². The van der Waals surface area contributed by atoms with Gasteiger partial charge in [-0.25, -0.2) is 4.79 Å². The highest BCUT2D eigenvalue weighted by molar-refractivity contribution is 5.89. The third-order valence-corrected chi connectivity index (χ3v) is 2.40. The van der Waals surface area contributed by atoms with Crippen LogP contribution in [0.4, 0.5) is 0 Å². The topological polar surface area (TPSA) is 63.6 Å². The van der Waals surface area contributed by atoms with Crippen molar-refractivity contribution in [2.75, 3.05) is 6.61 Å². The van der Waals surface area contributed by atoms with Crippen molar-refractivity contribution in [3.63, 3.8) is 0 Å². The van der Waals surface area contributed by atoms with Crippen LogP contribution in [0.2, 0.25) is 0 Å². The van der Waals surface area contributed by atoms with E-state index in [1.807, 2.05) is 6.92 Å². The summed E-state index contributed by atoms with van der Waals surface area (Å²) < 4.78 is 5.07. The predicted octanol–water partition coefficient (Wildman–Crippen LogP) is 2.92. The van der Waals surface area contributed by atoms with Crippen LogP contribution < -0.4 is 0 Å². The number of carbonyl (C=O) groups is 2. The van der Waals surface area contributed by atoms with Crippen LogP contribution >= 0.6 is 0 Å². The van der Waals surface area contributed by atoms with E-state index in [1.54, 1.807) is 0 Å². The molecule has 0 fully saturated rings. The normalized spacial score (nSPS) is 11.3. The van der Waals surface area contributed by atoms with Gasteiger partial charge in [0.05, 0.1) is 13.0 Å². The molecule has 0 aromatic rings. The summed E-state index contributed by atoms with van der Waals surface area (Å²) in [6, 6.07) is 0. The second-order valence-corrected chi connectivity index (χ2v) is 3.88. The fourth-order valence-corrected chi connectivity index (χ4v) is 1.37. The Balaban J connectivity index is 3.92. The van der Waals surface area contributed by atoms with Crippen LogP contribution in [0.3, 0.4) is 0 Å². The number of hydrogen-bond donors (Lipinski definition) is 1. The predicted molar refractivity (Wildman–Crippen MR) is 65.7 cm³/mol. The average molecular weight is 242 g/mol. The van der Waals surface area contributed by atoms with E-state index in [-0.39, 0.29) is 12.4 Å². The lowest BCUT2D eigenvalue weighted by Gasteiger charge is -2.06. The Morgan fingerprint density at radius 2 is 1.88 bits per heavy atom. The first kappa shape index (κ1) is 15.7. The number of carboxylic acids is 1. The van der Waals surface area contributed by atoms with Gasteiger partial charge in [-0.2, -0.15) is 0 Å². The summed E-state index contributed by atoms with van der Waals surface area (Å²) in [5.74, 6) is -1.32. The van der Waals surface area contributed by atoms with Gasteiger partial charge in [-0.3, -0.25) is 4.79 Å². The van der Waals surface area contributed by atoms with Gasteiger partial charge >= 0.3 is 11.9 Å². The molecule has 0 aliphatic heterocycles. The second kappa shape index (κ2) is 9.87. The Morgan fingerprint density at radius 3 is 2.41 bits per heavy atom. The zero-order chi connectivity index (χ0) is 13.1. The summed E-state index contributed by atoms with van der Waals surface area (Å²) >= 11 is 0. The van der Waals surface area contributed by atoms with Crippen molar-refractivity contribution >= 4 is 11.9 Å². The van der Waals surface area contributed by atoms with Crippen LogP contribution in [0, 0.1) is 0 Å². The molecule has 17 heavy (non-hydrogen) atoms. The summed E-state index contributed by atoms with van der Waals surface area (Å²) in [5.41, 5.74) is 0.447. The number of esters is 1. The standard InChI is InChI=1S/C13H22O4/c1-3-5-6-7-10-17-13(16)11(4-2)8-9-12(14)15/h8H,3-7,9-10H2,1-2H3,(H,14,15). The molecule has 0 rings (SSSR count). The Hall–Kier alpha value is -1.32. The van der Waals surface area contributed by atoms with E-state index in [1.165, 1.54) is 6.08 Å². The van der Waals surface area contributed by atoms with Gasteiger partial charge in [0, 0.05) is 5.57 Å². The molecule has 0 spiro atoms. The van der Waals surface area contributed by atoms with Crippen molar-refractivity contribution in [2.24, 2.45) is 0 Å². The van der Waals surface area contributed by atoms with Crippen LogP contribution in [-0.2, 0) is 14.3 Å². The fraction of sp³-hybridized carbons (Fsp3) is 0.692. The molecular formula is C13H22O4. The number of carboxylic acid groups (broad SMARTS) is 1. The second-order valence-electron chi connectivity index (χ2n) is 3.88. The van der Waals surface area contributed by atoms with Crippen molar-refractivity contribution < 1.29 is 19.4 Å². The molecule has 4 nitrogen and oxygen atoms in total. The van der Waals surface area contributed by atoms with E-state index in [0.29, 0.717) is 18.6 Å². The lowest BCUT2D eigenvalue weighted by molar-refractivity contribution is -0.139. The molecule has 0 heterocycles. The largest absolute Gasteiger partial charge is 0.481 e. The molecular weight excluding hydrogens is 220 g/mol. The third-order valence-electron chi connectivity index (χ3n) is 2.40. The van der Waals surface area contributed by atoms with E-state index in [9.17, 15) is 9.59 Å². The third kappa shape index (κ3) is 8.48. The minimum atomic E-state index is -0.938. The maximum Gasteiger partial charge on any atom is 0.333 e. The van der Waals surface area contributed by atoms with Gasteiger partial charge in [0.15, 0.2) is 0 Å². The molecule has 0 unspecified atom stereocenters. The lowest BCUT2D eigenvalue weighted by Crippen LogP contribution is -2.09. The van der Waals surface area contributed by atoms with E-state index < -0.39 is 5.97 Å². The number of ether oxygens (including phenoxy) is 1. The summed E-state index contributed by atoms with van der Waals surface area (Å²) in [6.45, 7) is 4.35. The molecule has 0 radical (unpaired) electrons. The Bertz CT molecular complexity index is 269. The zero-order valence-electron chi connectivity index (χ0n) is 10.7. The van der Waals surface area contributed by atoms with Crippen LogP contribution in [-0.4, -0.2) is 23.7 Å². The van der Waals surface area contributed by atoms with Crippen molar-refractivity contribution in [3.8, 4) is 0 Å². The molecule has 0 saturated carbocycles. The van der Waals surface area contributed by atoms with Gasteiger partial charge in [0.1, 0.15) is 0 Å². The van der Waals surface area contributed by atoms with Gasteiger partial charge < -0.3 is 9.84 Å².